The monoisotopic (exact) mass is 328 g/mol. The van der Waals surface area contributed by atoms with Crippen molar-refractivity contribution in [1.82, 2.24) is 4.90 Å². The number of amides is 1. The van der Waals surface area contributed by atoms with E-state index in [1.807, 2.05) is 37.4 Å². The van der Waals surface area contributed by atoms with Crippen LogP contribution >= 0.6 is 12.4 Å². The molecule has 1 aromatic rings. The number of hydrogen-bond acceptors (Lipinski definition) is 3. The Labute approximate surface area is 140 Å². The molecule has 1 unspecified atom stereocenters. The maximum absolute atomic E-state index is 12.0. The van der Waals surface area contributed by atoms with Crippen molar-refractivity contribution in [2.75, 3.05) is 20.2 Å². The first-order valence-electron chi connectivity index (χ1n) is 7.68. The highest BCUT2D eigenvalue weighted by atomic mass is 35.5. The summed E-state index contributed by atoms with van der Waals surface area (Å²) in [5.41, 5.74) is 5.99. The third kappa shape index (κ3) is 8.25. The highest BCUT2D eigenvalue weighted by Crippen LogP contribution is 2.09. The first-order valence-corrected chi connectivity index (χ1v) is 7.68. The second kappa shape index (κ2) is 11.3. The van der Waals surface area contributed by atoms with E-state index in [2.05, 4.69) is 13.8 Å². The van der Waals surface area contributed by atoms with Gasteiger partial charge in [-0.3, -0.25) is 4.79 Å². The minimum Gasteiger partial charge on any atom is -0.494 e. The Balaban J connectivity index is 0.00000441. The number of nitrogens with two attached hydrogens (primary N) is 1. The number of carbonyl (C=O) groups is 1. The maximum Gasteiger partial charge on any atom is 0.222 e. The lowest BCUT2D eigenvalue weighted by Crippen LogP contribution is -2.34. The standard InChI is InChI=1S/C17H28N2O2.ClH/c1-14(2)16(18)11-12-19(3)17(20)10-7-13-21-15-8-5-4-6-9-15;/h4-6,8-9,14,16H,7,10-13,18H2,1-3H3;1H. The van der Waals surface area contributed by atoms with Crippen LogP contribution in [0.5, 0.6) is 5.75 Å². The van der Waals surface area contributed by atoms with E-state index in [0.717, 1.165) is 25.1 Å². The van der Waals surface area contributed by atoms with Crippen LogP contribution in [0.4, 0.5) is 0 Å². The molecular weight excluding hydrogens is 300 g/mol. The topological polar surface area (TPSA) is 55.6 Å². The highest BCUT2D eigenvalue weighted by molar-refractivity contribution is 5.85. The molecule has 126 valence electrons. The molecule has 0 aliphatic carbocycles. The molecule has 0 saturated heterocycles. The summed E-state index contributed by atoms with van der Waals surface area (Å²) in [5.74, 6) is 1.46. The van der Waals surface area contributed by atoms with Gasteiger partial charge in [-0.05, 0) is 30.9 Å². The molecule has 0 fully saturated rings. The minimum absolute atomic E-state index is 0. The fraction of sp³-hybridized carbons (Fsp3) is 0.588. The number of para-hydroxylation sites is 1. The Kier molecular flexibility index (Phi) is 10.7. The molecule has 0 heterocycles. The molecule has 1 rings (SSSR count). The van der Waals surface area contributed by atoms with Crippen LogP contribution in [0.15, 0.2) is 30.3 Å². The zero-order valence-electron chi connectivity index (χ0n) is 13.8. The fourth-order valence-corrected chi connectivity index (χ4v) is 1.92. The number of ether oxygens (including phenoxy) is 1. The molecule has 0 saturated carbocycles. The molecule has 22 heavy (non-hydrogen) atoms. The summed E-state index contributed by atoms with van der Waals surface area (Å²) in [7, 11) is 1.84. The molecule has 0 radical (unpaired) electrons. The SMILES string of the molecule is CC(C)C(N)CCN(C)C(=O)CCCOc1ccccc1.Cl. The smallest absolute Gasteiger partial charge is 0.222 e. The van der Waals surface area contributed by atoms with Gasteiger partial charge in [0.1, 0.15) is 5.75 Å². The van der Waals surface area contributed by atoms with Crippen LogP contribution < -0.4 is 10.5 Å². The Hall–Kier alpha value is -1.26. The van der Waals surface area contributed by atoms with Crippen LogP contribution in [-0.2, 0) is 4.79 Å². The third-order valence-electron chi connectivity index (χ3n) is 3.63. The Morgan fingerprint density at radius 1 is 1.27 bits per heavy atom. The van der Waals surface area contributed by atoms with Crippen LogP contribution in [-0.4, -0.2) is 37.0 Å². The van der Waals surface area contributed by atoms with Crippen LogP contribution in [0, 0.1) is 5.92 Å². The average molecular weight is 329 g/mol. The Bertz CT molecular complexity index is 412. The summed E-state index contributed by atoms with van der Waals surface area (Å²) in [5, 5.41) is 0. The third-order valence-corrected chi connectivity index (χ3v) is 3.63. The fourth-order valence-electron chi connectivity index (χ4n) is 1.92. The van der Waals surface area contributed by atoms with E-state index < -0.39 is 0 Å². The summed E-state index contributed by atoms with van der Waals surface area (Å²) in [6.07, 6.45) is 2.09. The number of carbonyl (C=O) groups excluding carboxylic acids is 1. The van der Waals surface area contributed by atoms with Crippen molar-refractivity contribution in [2.24, 2.45) is 11.7 Å². The summed E-state index contributed by atoms with van der Waals surface area (Å²) >= 11 is 0. The largest absolute Gasteiger partial charge is 0.494 e. The predicted molar refractivity (Wildman–Crippen MR) is 93.5 cm³/mol. The predicted octanol–water partition coefficient (Wildman–Crippen LogP) is 3.10. The normalized spacial score (nSPS) is 11.7. The number of rotatable bonds is 9. The molecule has 4 nitrogen and oxygen atoms in total. The minimum atomic E-state index is 0. The van der Waals surface area contributed by atoms with Gasteiger partial charge in [-0.1, -0.05) is 32.0 Å². The van der Waals surface area contributed by atoms with Crippen LogP contribution in [0.2, 0.25) is 0 Å². The second-order valence-electron chi connectivity index (χ2n) is 5.78. The molecule has 1 amide bonds. The molecule has 0 spiro atoms. The van der Waals surface area contributed by atoms with Crippen molar-refractivity contribution >= 4 is 18.3 Å². The van der Waals surface area contributed by atoms with Crippen molar-refractivity contribution in [3.8, 4) is 5.75 Å². The van der Waals surface area contributed by atoms with Gasteiger partial charge in [0.15, 0.2) is 0 Å². The van der Waals surface area contributed by atoms with E-state index in [-0.39, 0.29) is 24.4 Å². The molecule has 0 aliphatic rings. The number of benzene rings is 1. The molecule has 1 aromatic carbocycles. The second-order valence-corrected chi connectivity index (χ2v) is 5.78. The van der Waals surface area contributed by atoms with Crippen molar-refractivity contribution in [3.05, 3.63) is 30.3 Å². The van der Waals surface area contributed by atoms with Crippen molar-refractivity contribution < 1.29 is 9.53 Å². The summed E-state index contributed by atoms with van der Waals surface area (Å²) in [6.45, 7) is 5.49. The van der Waals surface area contributed by atoms with Crippen molar-refractivity contribution in [1.29, 1.82) is 0 Å². The summed E-state index contributed by atoms with van der Waals surface area (Å²) in [6, 6.07) is 9.82. The molecule has 1 atom stereocenters. The van der Waals surface area contributed by atoms with Gasteiger partial charge in [-0.2, -0.15) is 0 Å². The molecular formula is C17H29ClN2O2. The zero-order valence-corrected chi connectivity index (χ0v) is 14.6. The lowest BCUT2D eigenvalue weighted by molar-refractivity contribution is -0.130. The lowest BCUT2D eigenvalue weighted by Gasteiger charge is -2.21. The summed E-state index contributed by atoms with van der Waals surface area (Å²) < 4.78 is 5.58. The highest BCUT2D eigenvalue weighted by Gasteiger charge is 2.12. The number of hydrogen-bond donors (Lipinski definition) is 1. The molecule has 5 heteroatoms. The van der Waals surface area contributed by atoms with Gasteiger partial charge in [0.2, 0.25) is 5.91 Å². The van der Waals surface area contributed by atoms with Crippen LogP contribution in [0.1, 0.15) is 33.1 Å². The van der Waals surface area contributed by atoms with Crippen molar-refractivity contribution in [3.63, 3.8) is 0 Å². The molecule has 0 aromatic heterocycles. The maximum atomic E-state index is 12.0. The van der Waals surface area contributed by atoms with Gasteiger partial charge in [0, 0.05) is 26.1 Å². The quantitative estimate of drug-likeness (QED) is 0.709. The molecule has 2 N–H and O–H groups in total. The van der Waals surface area contributed by atoms with Gasteiger partial charge < -0.3 is 15.4 Å². The Morgan fingerprint density at radius 3 is 2.50 bits per heavy atom. The number of halogens is 1. The first kappa shape index (κ1) is 20.7. The van der Waals surface area contributed by atoms with Gasteiger partial charge in [-0.15, -0.1) is 12.4 Å². The van der Waals surface area contributed by atoms with Gasteiger partial charge >= 0.3 is 0 Å². The van der Waals surface area contributed by atoms with E-state index in [4.69, 9.17) is 10.5 Å². The summed E-state index contributed by atoms with van der Waals surface area (Å²) in [4.78, 5) is 13.7. The lowest BCUT2D eigenvalue weighted by atomic mass is 10.0. The van der Waals surface area contributed by atoms with E-state index in [1.165, 1.54) is 0 Å². The van der Waals surface area contributed by atoms with Crippen LogP contribution in [0.25, 0.3) is 0 Å². The van der Waals surface area contributed by atoms with Crippen LogP contribution in [0.3, 0.4) is 0 Å². The van der Waals surface area contributed by atoms with Gasteiger partial charge in [0.05, 0.1) is 6.61 Å². The zero-order chi connectivity index (χ0) is 15.7. The Morgan fingerprint density at radius 2 is 1.91 bits per heavy atom. The van der Waals surface area contributed by atoms with E-state index in [9.17, 15) is 4.79 Å². The first-order chi connectivity index (χ1) is 10.0. The van der Waals surface area contributed by atoms with Gasteiger partial charge in [0.25, 0.3) is 0 Å². The molecule has 0 aliphatic heterocycles. The number of nitrogens with zero attached hydrogens (tertiary/aromatic N) is 1. The van der Waals surface area contributed by atoms with E-state index >= 15 is 0 Å². The van der Waals surface area contributed by atoms with Crippen molar-refractivity contribution in [2.45, 2.75) is 39.2 Å². The van der Waals surface area contributed by atoms with Gasteiger partial charge in [-0.25, -0.2) is 0 Å². The van der Waals surface area contributed by atoms with E-state index in [0.29, 0.717) is 18.9 Å². The molecule has 0 bridgehead atoms. The average Bonchev–Trinajstić information content (AvgIpc) is 2.49. The van der Waals surface area contributed by atoms with E-state index in [1.54, 1.807) is 4.90 Å².